The van der Waals surface area contributed by atoms with Gasteiger partial charge in [-0.1, -0.05) is 0 Å². The quantitative estimate of drug-likeness (QED) is 0.654. The van der Waals surface area contributed by atoms with E-state index in [2.05, 4.69) is 5.32 Å². The van der Waals surface area contributed by atoms with Crippen LogP contribution in [0, 0.1) is 5.92 Å². The molecule has 0 saturated heterocycles. The maximum Gasteiger partial charge on any atom is 0.221 e. The summed E-state index contributed by atoms with van der Waals surface area (Å²) in [5.41, 5.74) is 5.85. The first-order valence-electron chi connectivity index (χ1n) is 5.77. The lowest BCUT2D eigenvalue weighted by molar-refractivity contribution is -0.122. The van der Waals surface area contributed by atoms with Crippen LogP contribution in [-0.4, -0.2) is 31.2 Å². The van der Waals surface area contributed by atoms with Gasteiger partial charge < -0.3 is 15.8 Å². The van der Waals surface area contributed by atoms with E-state index >= 15 is 0 Å². The average molecular weight is 214 g/mol. The Bertz CT molecular complexity index is 205. The minimum atomic E-state index is 0.0425. The Balaban J connectivity index is 2.06. The maximum atomic E-state index is 11.4. The fourth-order valence-electron chi connectivity index (χ4n) is 1.58. The van der Waals surface area contributed by atoms with Gasteiger partial charge in [0.2, 0.25) is 5.91 Å². The van der Waals surface area contributed by atoms with Gasteiger partial charge in [0.15, 0.2) is 0 Å². The molecule has 0 aromatic rings. The molecule has 1 rings (SSSR count). The van der Waals surface area contributed by atoms with Gasteiger partial charge in [-0.2, -0.15) is 0 Å². The molecule has 1 fully saturated rings. The zero-order valence-electron chi connectivity index (χ0n) is 9.66. The number of carbonyl (C=O) groups is 1. The number of carbonyl (C=O) groups excluding carboxylic acids is 1. The van der Waals surface area contributed by atoms with Gasteiger partial charge in [0, 0.05) is 25.6 Å². The van der Waals surface area contributed by atoms with Crippen LogP contribution in [0.1, 0.15) is 33.1 Å². The summed E-state index contributed by atoms with van der Waals surface area (Å²) in [6.45, 7) is 5.15. The number of nitrogens with two attached hydrogens (primary N) is 1. The predicted octanol–water partition coefficient (Wildman–Crippen LogP) is 0.655. The summed E-state index contributed by atoms with van der Waals surface area (Å²) in [5.74, 6) is 0.626. The number of hydrogen-bond donors (Lipinski definition) is 2. The highest BCUT2D eigenvalue weighted by Gasteiger charge is 2.29. The number of rotatable bonds is 7. The third-order valence-corrected chi connectivity index (χ3v) is 2.69. The van der Waals surface area contributed by atoms with Crippen molar-refractivity contribution in [2.45, 2.75) is 45.3 Å². The van der Waals surface area contributed by atoms with Gasteiger partial charge in [-0.15, -0.1) is 0 Å². The van der Waals surface area contributed by atoms with Crippen LogP contribution in [0.2, 0.25) is 0 Å². The molecule has 0 aliphatic heterocycles. The highest BCUT2D eigenvalue weighted by molar-refractivity contribution is 5.76. The third-order valence-electron chi connectivity index (χ3n) is 2.69. The van der Waals surface area contributed by atoms with E-state index in [4.69, 9.17) is 10.5 Å². The molecule has 1 amide bonds. The maximum absolute atomic E-state index is 11.4. The lowest BCUT2D eigenvalue weighted by atomic mass is 10.1. The van der Waals surface area contributed by atoms with Crippen LogP contribution in [0.3, 0.4) is 0 Å². The zero-order valence-corrected chi connectivity index (χ0v) is 9.66. The first-order valence-corrected chi connectivity index (χ1v) is 5.77. The number of ether oxygens (including phenoxy) is 1. The van der Waals surface area contributed by atoms with Crippen molar-refractivity contribution < 1.29 is 9.53 Å². The molecule has 0 aromatic carbocycles. The zero-order chi connectivity index (χ0) is 11.3. The molecular weight excluding hydrogens is 192 g/mol. The van der Waals surface area contributed by atoms with Gasteiger partial charge in [0.25, 0.3) is 0 Å². The summed E-state index contributed by atoms with van der Waals surface area (Å²) in [6, 6.07) is 0.0485. The smallest absolute Gasteiger partial charge is 0.221 e. The second-order valence-electron chi connectivity index (χ2n) is 4.28. The highest BCUT2D eigenvalue weighted by Crippen LogP contribution is 2.32. The van der Waals surface area contributed by atoms with Gasteiger partial charge in [0.05, 0.1) is 6.10 Å². The summed E-state index contributed by atoms with van der Waals surface area (Å²) in [5, 5.41) is 2.84. The van der Waals surface area contributed by atoms with E-state index in [1.807, 2.05) is 13.8 Å². The fraction of sp³-hybridized carbons (Fsp3) is 0.909. The predicted molar refractivity (Wildman–Crippen MR) is 59.4 cm³/mol. The van der Waals surface area contributed by atoms with Gasteiger partial charge in [-0.05, 0) is 32.6 Å². The summed E-state index contributed by atoms with van der Waals surface area (Å²) in [4.78, 5) is 11.4. The molecule has 88 valence electrons. The van der Waals surface area contributed by atoms with Crippen molar-refractivity contribution in [2.24, 2.45) is 11.7 Å². The second kappa shape index (κ2) is 6.08. The Kier molecular flexibility index (Phi) is 5.05. The van der Waals surface area contributed by atoms with Gasteiger partial charge in [-0.25, -0.2) is 0 Å². The lowest BCUT2D eigenvalue weighted by Crippen LogP contribution is -2.36. The van der Waals surface area contributed by atoms with E-state index in [1.165, 1.54) is 12.8 Å². The van der Waals surface area contributed by atoms with Crippen molar-refractivity contribution in [1.29, 1.82) is 0 Å². The van der Waals surface area contributed by atoms with E-state index in [1.54, 1.807) is 0 Å². The van der Waals surface area contributed by atoms with Crippen LogP contribution in [0.25, 0.3) is 0 Å². The van der Waals surface area contributed by atoms with Crippen molar-refractivity contribution in [3.05, 3.63) is 0 Å². The van der Waals surface area contributed by atoms with Crippen LogP contribution in [0.5, 0.6) is 0 Å². The van der Waals surface area contributed by atoms with Gasteiger partial charge >= 0.3 is 0 Å². The minimum Gasteiger partial charge on any atom is -0.377 e. The number of amides is 1. The molecular formula is C11H22N2O2. The molecule has 15 heavy (non-hydrogen) atoms. The molecule has 4 heteroatoms. The molecule has 0 bridgehead atoms. The molecule has 0 spiro atoms. The van der Waals surface area contributed by atoms with Crippen molar-refractivity contribution >= 4 is 5.91 Å². The summed E-state index contributed by atoms with van der Waals surface area (Å²) in [7, 11) is 0. The van der Waals surface area contributed by atoms with Crippen molar-refractivity contribution in [3.63, 3.8) is 0 Å². The fourth-order valence-corrected chi connectivity index (χ4v) is 1.58. The van der Waals surface area contributed by atoms with Gasteiger partial charge in [0.1, 0.15) is 0 Å². The molecule has 3 N–H and O–H groups in total. The Morgan fingerprint density at radius 2 is 2.27 bits per heavy atom. The van der Waals surface area contributed by atoms with E-state index < -0.39 is 0 Å². The Labute approximate surface area is 91.5 Å². The summed E-state index contributed by atoms with van der Waals surface area (Å²) in [6.07, 6.45) is 2.90. The van der Waals surface area contributed by atoms with E-state index in [0.717, 1.165) is 0 Å². The Hall–Kier alpha value is -0.610. The lowest BCUT2D eigenvalue weighted by Gasteiger charge is -2.14. The highest BCUT2D eigenvalue weighted by atomic mass is 16.5. The first kappa shape index (κ1) is 12.5. The molecule has 1 aliphatic rings. The molecule has 0 heterocycles. The van der Waals surface area contributed by atoms with Crippen molar-refractivity contribution in [2.75, 3.05) is 13.2 Å². The normalized spacial score (nSPS) is 19.7. The van der Waals surface area contributed by atoms with Crippen molar-refractivity contribution in [1.82, 2.24) is 5.32 Å². The monoisotopic (exact) mass is 214 g/mol. The van der Waals surface area contributed by atoms with Gasteiger partial charge in [-0.3, -0.25) is 4.79 Å². The van der Waals surface area contributed by atoms with E-state index in [9.17, 15) is 4.79 Å². The Morgan fingerprint density at radius 1 is 1.60 bits per heavy atom. The first-order chi connectivity index (χ1) is 7.13. The second-order valence-corrected chi connectivity index (χ2v) is 4.28. The molecule has 0 radical (unpaired) electrons. The Morgan fingerprint density at radius 3 is 2.80 bits per heavy atom. The molecule has 1 aliphatic carbocycles. The molecule has 1 saturated carbocycles. The average Bonchev–Trinajstić information content (AvgIpc) is 2.98. The largest absolute Gasteiger partial charge is 0.377 e. The van der Waals surface area contributed by atoms with E-state index in [-0.39, 0.29) is 18.1 Å². The molecule has 4 nitrogen and oxygen atoms in total. The number of nitrogens with one attached hydrogen (secondary N) is 1. The van der Waals surface area contributed by atoms with Crippen LogP contribution >= 0.6 is 0 Å². The minimum absolute atomic E-state index is 0.0425. The molecule has 2 atom stereocenters. The van der Waals surface area contributed by atoms with Crippen LogP contribution in [0.15, 0.2) is 0 Å². The SMILES string of the molecule is CCOC(C)CNC(=O)CC(N)C1CC1. The topological polar surface area (TPSA) is 64.3 Å². The van der Waals surface area contributed by atoms with Crippen molar-refractivity contribution in [3.8, 4) is 0 Å². The molecule has 0 aromatic heterocycles. The van der Waals surface area contributed by atoms with Crippen LogP contribution < -0.4 is 11.1 Å². The third kappa shape index (κ3) is 5.14. The summed E-state index contributed by atoms with van der Waals surface area (Å²) >= 11 is 0. The van der Waals surface area contributed by atoms with Crippen LogP contribution in [-0.2, 0) is 9.53 Å². The molecule has 2 unspecified atom stereocenters. The standard InChI is InChI=1S/C11H22N2O2/c1-3-15-8(2)7-13-11(14)6-10(12)9-4-5-9/h8-10H,3-7,12H2,1-2H3,(H,13,14). The van der Waals surface area contributed by atoms with E-state index in [0.29, 0.717) is 25.5 Å². The number of hydrogen-bond acceptors (Lipinski definition) is 3. The summed E-state index contributed by atoms with van der Waals surface area (Å²) < 4.78 is 5.31. The van der Waals surface area contributed by atoms with Crippen LogP contribution in [0.4, 0.5) is 0 Å².